The highest BCUT2D eigenvalue weighted by molar-refractivity contribution is 5.91. The third kappa shape index (κ3) is 4.23. The maximum absolute atomic E-state index is 12.4. The smallest absolute Gasteiger partial charge is 0.239 e. The topological polar surface area (TPSA) is 97.0 Å². The Balaban J connectivity index is 1.45. The van der Waals surface area contributed by atoms with Gasteiger partial charge in [-0.15, -0.1) is 0 Å². The van der Waals surface area contributed by atoms with E-state index in [0.717, 1.165) is 42.8 Å². The van der Waals surface area contributed by atoms with Gasteiger partial charge in [-0.25, -0.2) is 9.97 Å². The summed E-state index contributed by atoms with van der Waals surface area (Å²) in [7, 11) is 0. The van der Waals surface area contributed by atoms with Crippen LogP contribution < -0.4 is 5.32 Å². The molecule has 0 spiro atoms. The van der Waals surface area contributed by atoms with Gasteiger partial charge in [0.15, 0.2) is 5.82 Å². The number of hydrogen-bond acceptors (Lipinski definition) is 7. The van der Waals surface area contributed by atoms with E-state index in [2.05, 4.69) is 30.3 Å². The van der Waals surface area contributed by atoms with E-state index in [1.165, 1.54) is 0 Å². The van der Waals surface area contributed by atoms with Crippen LogP contribution in [0, 0.1) is 6.92 Å². The second kappa shape index (κ2) is 8.26. The molecule has 0 unspecified atom stereocenters. The lowest BCUT2D eigenvalue weighted by molar-refractivity contribution is -0.117. The minimum absolute atomic E-state index is 0.0917. The van der Waals surface area contributed by atoms with Crippen LogP contribution in [0.15, 0.2) is 47.6 Å². The Labute approximate surface area is 163 Å². The van der Waals surface area contributed by atoms with Crippen molar-refractivity contribution in [3.05, 3.63) is 54.6 Å². The zero-order valence-corrected chi connectivity index (χ0v) is 15.7. The number of likely N-dealkylation sites (tertiary alicyclic amines) is 1. The van der Waals surface area contributed by atoms with Crippen molar-refractivity contribution in [2.75, 3.05) is 25.0 Å². The van der Waals surface area contributed by atoms with E-state index in [4.69, 9.17) is 4.52 Å². The minimum Gasteiger partial charge on any atom is -0.360 e. The largest absolute Gasteiger partial charge is 0.360 e. The fraction of sp³-hybridized carbons (Fsp3) is 0.350. The van der Waals surface area contributed by atoms with Gasteiger partial charge in [-0.2, -0.15) is 0 Å². The van der Waals surface area contributed by atoms with Crippen LogP contribution in [0.3, 0.4) is 0 Å². The average molecular weight is 378 g/mol. The molecule has 4 heterocycles. The van der Waals surface area contributed by atoms with E-state index in [1.807, 2.05) is 18.3 Å². The maximum Gasteiger partial charge on any atom is 0.239 e. The molecular weight excluding hydrogens is 356 g/mol. The van der Waals surface area contributed by atoms with Crippen molar-refractivity contribution < 1.29 is 9.32 Å². The molecule has 3 aromatic heterocycles. The standard InChI is InChI=1S/C20H22N6O2/c1-14-9-18(25-28-14)24-19(27)12-26-8-2-3-16(11-26)20-17(10-22-13-23-20)15-4-6-21-7-5-15/h4-7,9-10,13,16H,2-3,8,11-12H2,1H3,(H,24,25,27)/t16-/m0/s1. The molecule has 1 atom stereocenters. The summed E-state index contributed by atoms with van der Waals surface area (Å²) in [6.45, 7) is 3.77. The Morgan fingerprint density at radius 3 is 2.96 bits per heavy atom. The highest BCUT2D eigenvalue weighted by atomic mass is 16.5. The van der Waals surface area contributed by atoms with E-state index in [0.29, 0.717) is 18.1 Å². The summed E-state index contributed by atoms with van der Waals surface area (Å²) in [5.74, 6) is 1.28. The summed E-state index contributed by atoms with van der Waals surface area (Å²) in [6.07, 6.45) is 9.05. The molecule has 144 valence electrons. The molecule has 1 saturated heterocycles. The van der Waals surface area contributed by atoms with Gasteiger partial charge in [0.1, 0.15) is 12.1 Å². The van der Waals surface area contributed by atoms with Crippen LogP contribution in [-0.4, -0.2) is 50.5 Å². The molecule has 1 N–H and O–H groups in total. The summed E-state index contributed by atoms with van der Waals surface area (Å²) in [5.41, 5.74) is 3.11. The molecule has 1 aliphatic rings. The highest BCUT2D eigenvalue weighted by Gasteiger charge is 2.26. The predicted molar refractivity (Wildman–Crippen MR) is 104 cm³/mol. The lowest BCUT2D eigenvalue weighted by Crippen LogP contribution is -2.40. The van der Waals surface area contributed by atoms with Crippen molar-refractivity contribution in [2.45, 2.75) is 25.7 Å². The second-order valence-electron chi connectivity index (χ2n) is 7.00. The number of aromatic nitrogens is 4. The average Bonchev–Trinajstić information content (AvgIpc) is 3.13. The predicted octanol–water partition coefficient (Wildman–Crippen LogP) is 2.65. The molecule has 3 aromatic rings. The van der Waals surface area contributed by atoms with Crippen LogP contribution in [0.4, 0.5) is 5.82 Å². The van der Waals surface area contributed by atoms with Crippen LogP contribution in [0.2, 0.25) is 0 Å². The summed E-state index contributed by atoms with van der Waals surface area (Å²) >= 11 is 0. The third-order valence-corrected chi connectivity index (χ3v) is 4.89. The molecular formula is C20H22N6O2. The van der Waals surface area contributed by atoms with Gasteiger partial charge in [0, 0.05) is 42.7 Å². The fourth-order valence-corrected chi connectivity index (χ4v) is 3.65. The van der Waals surface area contributed by atoms with Crippen LogP contribution in [0.25, 0.3) is 11.1 Å². The van der Waals surface area contributed by atoms with Crippen LogP contribution in [0.5, 0.6) is 0 Å². The van der Waals surface area contributed by atoms with Crippen molar-refractivity contribution in [3.63, 3.8) is 0 Å². The summed E-state index contributed by atoms with van der Waals surface area (Å²) < 4.78 is 4.99. The fourth-order valence-electron chi connectivity index (χ4n) is 3.65. The molecule has 1 amide bonds. The number of carbonyl (C=O) groups is 1. The first-order valence-corrected chi connectivity index (χ1v) is 9.35. The van der Waals surface area contributed by atoms with Gasteiger partial charge in [0.25, 0.3) is 0 Å². The first-order valence-electron chi connectivity index (χ1n) is 9.35. The van der Waals surface area contributed by atoms with Crippen LogP contribution in [-0.2, 0) is 4.79 Å². The van der Waals surface area contributed by atoms with E-state index < -0.39 is 0 Å². The van der Waals surface area contributed by atoms with E-state index in [1.54, 1.807) is 31.7 Å². The number of anilines is 1. The molecule has 0 aliphatic carbocycles. The minimum atomic E-state index is -0.0917. The van der Waals surface area contributed by atoms with Crippen molar-refractivity contribution in [3.8, 4) is 11.1 Å². The van der Waals surface area contributed by atoms with Crippen molar-refractivity contribution >= 4 is 11.7 Å². The number of nitrogens with zero attached hydrogens (tertiary/aromatic N) is 5. The Morgan fingerprint density at radius 1 is 1.32 bits per heavy atom. The maximum atomic E-state index is 12.4. The Bertz CT molecular complexity index is 943. The number of carbonyl (C=O) groups excluding carboxylic acids is 1. The molecule has 8 heteroatoms. The van der Waals surface area contributed by atoms with E-state index in [-0.39, 0.29) is 11.8 Å². The number of pyridine rings is 1. The number of rotatable bonds is 5. The molecule has 1 aliphatic heterocycles. The molecule has 1 fully saturated rings. The molecule has 8 nitrogen and oxygen atoms in total. The SMILES string of the molecule is Cc1cc(NC(=O)CN2CCC[C@H](c3ncncc3-c3ccncc3)C2)no1. The number of hydrogen-bond donors (Lipinski definition) is 1. The molecule has 0 aromatic carbocycles. The zero-order chi connectivity index (χ0) is 19.3. The van der Waals surface area contributed by atoms with E-state index in [9.17, 15) is 4.79 Å². The Morgan fingerprint density at radius 2 is 2.18 bits per heavy atom. The lowest BCUT2D eigenvalue weighted by atomic mass is 9.90. The summed E-state index contributed by atoms with van der Waals surface area (Å²) in [5, 5.41) is 6.59. The van der Waals surface area contributed by atoms with Crippen LogP contribution >= 0.6 is 0 Å². The summed E-state index contributed by atoms with van der Waals surface area (Å²) in [6, 6.07) is 5.64. The van der Waals surface area contributed by atoms with Gasteiger partial charge < -0.3 is 9.84 Å². The van der Waals surface area contributed by atoms with E-state index >= 15 is 0 Å². The first kappa shape index (κ1) is 18.2. The van der Waals surface area contributed by atoms with Gasteiger partial charge >= 0.3 is 0 Å². The van der Waals surface area contributed by atoms with Crippen molar-refractivity contribution in [1.82, 2.24) is 25.0 Å². The Hall–Kier alpha value is -3.13. The number of nitrogens with one attached hydrogen (secondary N) is 1. The highest BCUT2D eigenvalue weighted by Crippen LogP contribution is 2.32. The zero-order valence-electron chi connectivity index (χ0n) is 15.7. The summed E-state index contributed by atoms with van der Waals surface area (Å²) in [4.78, 5) is 27.4. The molecule has 28 heavy (non-hydrogen) atoms. The third-order valence-electron chi connectivity index (χ3n) is 4.89. The monoisotopic (exact) mass is 378 g/mol. The van der Waals surface area contributed by atoms with Gasteiger partial charge in [-0.05, 0) is 44.0 Å². The molecule has 0 saturated carbocycles. The first-order chi connectivity index (χ1) is 13.7. The second-order valence-corrected chi connectivity index (χ2v) is 7.00. The normalized spacial score (nSPS) is 17.4. The molecule has 0 bridgehead atoms. The van der Waals surface area contributed by atoms with Gasteiger partial charge in [0.05, 0.1) is 12.2 Å². The van der Waals surface area contributed by atoms with Crippen molar-refractivity contribution in [1.29, 1.82) is 0 Å². The number of aryl methyl sites for hydroxylation is 1. The van der Waals surface area contributed by atoms with Gasteiger partial charge in [0.2, 0.25) is 5.91 Å². The van der Waals surface area contributed by atoms with Crippen molar-refractivity contribution in [2.24, 2.45) is 0 Å². The number of piperidine rings is 1. The lowest BCUT2D eigenvalue weighted by Gasteiger charge is -2.32. The molecule has 0 radical (unpaired) electrons. The van der Waals surface area contributed by atoms with Gasteiger partial charge in [-0.3, -0.25) is 14.7 Å². The molecule has 4 rings (SSSR count). The Kier molecular flexibility index (Phi) is 5.38. The van der Waals surface area contributed by atoms with Gasteiger partial charge in [-0.1, -0.05) is 5.16 Å². The van der Waals surface area contributed by atoms with Crippen LogP contribution in [0.1, 0.15) is 30.2 Å². The quantitative estimate of drug-likeness (QED) is 0.729. The number of amides is 1.